The Labute approximate surface area is 91.1 Å². The van der Waals surface area contributed by atoms with E-state index in [9.17, 15) is 4.79 Å². The molecule has 0 unspecified atom stereocenters. The number of rotatable bonds is 2. The standard InChI is InChI=1S/C10H10INO/c1-3-4-7-12-8(2)9(11)5-6-10(12)13/h1,5-6H,4,7H2,2H3. The van der Waals surface area contributed by atoms with Gasteiger partial charge in [-0.15, -0.1) is 12.3 Å². The van der Waals surface area contributed by atoms with Gasteiger partial charge in [0.2, 0.25) is 0 Å². The van der Waals surface area contributed by atoms with Crippen LogP contribution in [0.2, 0.25) is 0 Å². The summed E-state index contributed by atoms with van der Waals surface area (Å²) in [5, 5.41) is 0. The van der Waals surface area contributed by atoms with Crippen LogP contribution in [-0.2, 0) is 6.54 Å². The average molecular weight is 287 g/mol. The predicted octanol–water partition coefficient (Wildman–Crippen LogP) is 1.78. The van der Waals surface area contributed by atoms with Crippen LogP contribution in [0.4, 0.5) is 0 Å². The number of pyridine rings is 1. The summed E-state index contributed by atoms with van der Waals surface area (Å²) in [5.41, 5.74) is 1.01. The Morgan fingerprint density at radius 3 is 2.92 bits per heavy atom. The minimum absolute atomic E-state index is 0.0215. The first-order valence-corrected chi connectivity index (χ1v) is 5.04. The van der Waals surface area contributed by atoms with Gasteiger partial charge in [-0.1, -0.05) is 0 Å². The summed E-state index contributed by atoms with van der Waals surface area (Å²) < 4.78 is 2.80. The number of nitrogens with zero attached hydrogens (tertiary/aromatic N) is 1. The van der Waals surface area contributed by atoms with Crippen LogP contribution in [0.15, 0.2) is 16.9 Å². The first kappa shape index (κ1) is 10.3. The highest BCUT2D eigenvalue weighted by Gasteiger charge is 2.01. The predicted molar refractivity (Wildman–Crippen MR) is 61.6 cm³/mol. The lowest BCUT2D eigenvalue weighted by Crippen LogP contribution is -2.22. The third-order valence-corrected chi connectivity index (χ3v) is 3.01. The molecule has 3 heteroatoms. The van der Waals surface area contributed by atoms with Crippen molar-refractivity contribution in [3.8, 4) is 12.3 Å². The Morgan fingerprint density at radius 1 is 1.62 bits per heavy atom. The summed E-state index contributed by atoms with van der Waals surface area (Å²) >= 11 is 2.21. The van der Waals surface area contributed by atoms with Crippen molar-refractivity contribution in [2.24, 2.45) is 0 Å². The van der Waals surface area contributed by atoms with Crippen LogP contribution in [0.25, 0.3) is 0 Å². The van der Waals surface area contributed by atoms with E-state index in [0.29, 0.717) is 13.0 Å². The van der Waals surface area contributed by atoms with Crippen LogP contribution in [-0.4, -0.2) is 4.57 Å². The second-order valence-corrected chi connectivity index (χ2v) is 3.87. The molecule has 1 aromatic rings. The molecule has 2 nitrogen and oxygen atoms in total. The summed E-state index contributed by atoms with van der Waals surface area (Å²) in [7, 11) is 0. The van der Waals surface area contributed by atoms with E-state index in [4.69, 9.17) is 6.42 Å². The van der Waals surface area contributed by atoms with Gasteiger partial charge in [0.05, 0.1) is 0 Å². The van der Waals surface area contributed by atoms with Crippen LogP contribution in [0.1, 0.15) is 12.1 Å². The fourth-order valence-corrected chi connectivity index (χ4v) is 1.57. The first-order chi connectivity index (χ1) is 6.16. The molecule has 0 fully saturated rings. The van der Waals surface area contributed by atoms with Gasteiger partial charge in [0, 0.05) is 28.3 Å². The maximum Gasteiger partial charge on any atom is 0.250 e. The molecule has 0 spiro atoms. The van der Waals surface area contributed by atoms with Gasteiger partial charge in [-0.25, -0.2) is 0 Å². The molecule has 0 aromatic carbocycles. The molecule has 0 aliphatic rings. The number of hydrogen-bond acceptors (Lipinski definition) is 1. The molecule has 1 rings (SSSR count). The smallest absolute Gasteiger partial charge is 0.250 e. The van der Waals surface area contributed by atoms with Crippen LogP contribution in [0.5, 0.6) is 0 Å². The Hall–Kier alpha value is -0.760. The topological polar surface area (TPSA) is 22.0 Å². The summed E-state index contributed by atoms with van der Waals surface area (Å²) in [6, 6.07) is 3.40. The van der Waals surface area contributed by atoms with Crippen molar-refractivity contribution in [2.75, 3.05) is 0 Å². The Kier molecular flexibility index (Phi) is 3.55. The molecule has 1 heterocycles. The average Bonchev–Trinajstić information content (AvgIpc) is 2.12. The second-order valence-electron chi connectivity index (χ2n) is 2.71. The van der Waals surface area contributed by atoms with Gasteiger partial charge < -0.3 is 4.57 Å². The molecule has 1 aromatic heterocycles. The zero-order chi connectivity index (χ0) is 9.84. The highest BCUT2D eigenvalue weighted by molar-refractivity contribution is 14.1. The molecule has 0 atom stereocenters. The van der Waals surface area contributed by atoms with E-state index in [1.54, 1.807) is 10.6 Å². The minimum atomic E-state index is 0.0215. The highest BCUT2D eigenvalue weighted by Crippen LogP contribution is 2.07. The number of aromatic nitrogens is 1. The van der Waals surface area contributed by atoms with Gasteiger partial charge in [0.25, 0.3) is 5.56 Å². The van der Waals surface area contributed by atoms with Crippen molar-refractivity contribution in [2.45, 2.75) is 19.9 Å². The van der Waals surface area contributed by atoms with Crippen LogP contribution in [0.3, 0.4) is 0 Å². The summed E-state index contributed by atoms with van der Waals surface area (Å²) in [5.74, 6) is 2.53. The summed E-state index contributed by atoms with van der Waals surface area (Å²) in [6.07, 6.45) is 5.75. The molecule has 68 valence electrons. The molecule has 0 radical (unpaired) electrons. The molecule has 0 saturated carbocycles. The Balaban J connectivity index is 3.12. The lowest BCUT2D eigenvalue weighted by molar-refractivity contribution is 0.663. The van der Waals surface area contributed by atoms with Gasteiger partial charge in [-0.3, -0.25) is 4.79 Å². The molecule has 0 N–H and O–H groups in total. The van der Waals surface area contributed by atoms with Crippen LogP contribution >= 0.6 is 22.6 Å². The maximum atomic E-state index is 11.4. The molecule has 13 heavy (non-hydrogen) atoms. The van der Waals surface area contributed by atoms with E-state index in [1.165, 1.54) is 0 Å². The maximum absolute atomic E-state index is 11.4. The quantitative estimate of drug-likeness (QED) is 0.600. The van der Waals surface area contributed by atoms with Gasteiger partial charge in [0.1, 0.15) is 0 Å². The molecule has 0 saturated heterocycles. The zero-order valence-electron chi connectivity index (χ0n) is 7.38. The fourth-order valence-electron chi connectivity index (χ4n) is 1.10. The number of hydrogen-bond donors (Lipinski definition) is 0. The Bertz CT molecular complexity index is 400. The van der Waals surface area contributed by atoms with E-state index >= 15 is 0 Å². The van der Waals surface area contributed by atoms with E-state index in [1.807, 2.05) is 13.0 Å². The fraction of sp³-hybridized carbons (Fsp3) is 0.300. The lowest BCUT2D eigenvalue weighted by Gasteiger charge is -2.08. The molecule has 0 bridgehead atoms. The van der Waals surface area contributed by atoms with Crippen molar-refractivity contribution in [1.29, 1.82) is 0 Å². The molecule has 0 amide bonds. The number of halogens is 1. The number of terminal acetylenes is 1. The third kappa shape index (κ3) is 2.34. The normalized spacial score (nSPS) is 9.62. The van der Waals surface area contributed by atoms with Crippen molar-refractivity contribution < 1.29 is 0 Å². The van der Waals surface area contributed by atoms with E-state index < -0.39 is 0 Å². The highest BCUT2D eigenvalue weighted by atomic mass is 127. The monoisotopic (exact) mass is 287 g/mol. The summed E-state index contributed by atoms with van der Waals surface area (Å²) in [6.45, 7) is 2.54. The SMILES string of the molecule is C#CCCn1c(C)c(I)ccc1=O. The van der Waals surface area contributed by atoms with Gasteiger partial charge >= 0.3 is 0 Å². The third-order valence-electron chi connectivity index (χ3n) is 1.87. The first-order valence-electron chi connectivity index (χ1n) is 3.96. The molecule has 0 aliphatic carbocycles. The molecular formula is C10H10INO. The van der Waals surface area contributed by atoms with Gasteiger partial charge in [0.15, 0.2) is 0 Å². The van der Waals surface area contributed by atoms with Gasteiger partial charge in [-0.2, -0.15) is 0 Å². The Morgan fingerprint density at radius 2 is 2.31 bits per heavy atom. The van der Waals surface area contributed by atoms with Crippen molar-refractivity contribution in [3.63, 3.8) is 0 Å². The molecule has 0 aliphatic heterocycles. The zero-order valence-corrected chi connectivity index (χ0v) is 9.54. The largest absolute Gasteiger partial charge is 0.311 e. The minimum Gasteiger partial charge on any atom is -0.311 e. The van der Waals surface area contributed by atoms with E-state index in [2.05, 4.69) is 28.5 Å². The second kappa shape index (κ2) is 4.47. The van der Waals surface area contributed by atoms with Crippen LogP contribution in [0, 0.1) is 22.8 Å². The van der Waals surface area contributed by atoms with Crippen molar-refractivity contribution in [1.82, 2.24) is 4.57 Å². The lowest BCUT2D eigenvalue weighted by atomic mass is 10.3. The summed E-state index contributed by atoms with van der Waals surface area (Å²) in [4.78, 5) is 11.4. The van der Waals surface area contributed by atoms with Gasteiger partial charge in [-0.05, 0) is 35.6 Å². The van der Waals surface area contributed by atoms with E-state index in [-0.39, 0.29) is 5.56 Å². The van der Waals surface area contributed by atoms with Crippen molar-refractivity contribution >= 4 is 22.6 Å². The van der Waals surface area contributed by atoms with Crippen LogP contribution < -0.4 is 5.56 Å². The van der Waals surface area contributed by atoms with E-state index in [0.717, 1.165) is 9.26 Å². The van der Waals surface area contributed by atoms with Crippen molar-refractivity contribution in [3.05, 3.63) is 31.8 Å². The molecular weight excluding hydrogens is 277 g/mol.